The summed E-state index contributed by atoms with van der Waals surface area (Å²) in [6, 6.07) is 0. The first-order chi connectivity index (χ1) is 10.1. The summed E-state index contributed by atoms with van der Waals surface area (Å²) in [4.78, 5) is 22.6. The summed E-state index contributed by atoms with van der Waals surface area (Å²) in [6.07, 6.45) is 10.5. The molecule has 0 aliphatic rings. The first-order valence-electron chi connectivity index (χ1n) is 8.07. The van der Waals surface area contributed by atoms with Crippen LogP contribution in [0, 0.1) is 5.92 Å². The molecule has 0 atom stereocenters. The Balaban J connectivity index is 3.51. The van der Waals surface area contributed by atoms with Crippen LogP contribution in [0.2, 0.25) is 0 Å². The molecular formula is C17H30O4. The van der Waals surface area contributed by atoms with Crippen molar-refractivity contribution in [2.75, 3.05) is 13.2 Å². The third kappa shape index (κ3) is 14.9. The highest BCUT2D eigenvalue weighted by Crippen LogP contribution is 2.06. The number of carbonyl (C=O) groups excluding carboxylic acids is 2. The van der Waals surface area contributed by atoms with Crippen LogP contribution in [0.25, 0.3) is 0 Å². The van der Waals surface area contributed by atoms with E-state index < -0.39 is 11.9 Å². The summed E-state index contributed by atoms with van der Waals surface area (Å²) < 4.78 is 9.92. The smallest absolute Gasteiger partial charge is 0.331 e. The van der Waals surface area contributed by atoms with Crippen LogP contribution in [0.1, 0.15) is 65.7 Å². The van der Waals surface area contributed by atoms with Gasteiger partial charge in [0.1, 0.15) is 0 Å². The monoisotopic (exact) mass is 298 g/mol. The van der Waals surface area contributed by atoms with E-state index in [1.807, 2.05) is 13.8 Å². The maximum atomic E-state index is 11.3. The Morgan fingerprint density at radius 1 is 0.857 bits per heavy atom. The van der Waals surface area contributed by atoms with E-state index in [4.69, 9.17) is 9.47 Å². The van der Waals surface area contributed by atoms with Gasteiger partial charge in [0.25, 0.3) is 0 Å². The van der Waals surface area contributed by atoms with E-state index in [2.05, 4.69) is 6.92 Å². The summed E-state index contributed by atoms with van der Waals surface area (Å²) >= 11 is 0. The van der Waals surface area contributed by atoms with Crippen LogP contribution in [0.4, 0.5) is 0 Å². The Hall–Kier alpha value is -1.32. The van der Waals surface area contributed by atoms with Gasteiger partial charge in [-0.2, -0.15) is 0 Å². The molecule has 4 heteroatoms. The number of hydrogen-bond donors (Lipinski definition) is 0. The molecule has 0 radical (unpaired) electrons. The van der Waals surface area contributed by atoms with Crippen molar-refractivity contribution in [1.29, 1.82) is 0 Å². The van der Waals surface area contributed by atoms with Crippen molar-refractivity contribution in [3.8, 4) is 0 Å². The van der Waals surface area contributed by atoms with E-state index in [0.29, 0.717) is 13.2 Å². The van der Waals surface area contributed by atoms with Crippen LogP contribution in [-0.4, -0.2) is 25.2 Å². The van der Waals surface area contributed by atoms with Gasteiger partial charge < -0.3 is 9.47 Å². The van der Waals surface area contributed by atoms with Crippen LogP contribution in [0.15, 0.2) is 12.2 Å². The van der Waals surface area contributed by atoms with Gasteiger partial charge in [-0.25, -0.2) is 9.59 Å². The molecule has 21 heavy (non-hydrogen) atoms. The molecule has 122 valence electrons. The van der Waals surface area contributed by atoms with Gasteiger partial charge in [-0.3, -0.25) is 0 Å². The molecule has 0 unspecified atom stereocenters. The van der Waals surface area contributed by atoms with Gasteiger partial charge in [-0.15, -0.1) is 0 Å². The Morgan fingerprint density at radius 3 is 1.95 bits per heavy atom. The number of esters is 2. The molecule has 0 aliphatic heterocycles. The lowest BCUT2D eigenvalue weighted by Crippen LogP contribution is -2.08. The quantitative estimate of drug-likeness (QED) is 0.310. The highest BCUT2D eigenvalue weighted by molar-refractivity contribution is 5.91. The molecule has 0 amide bonds. The predicted molar refractivity (Wildman–Crippen MR) is 83.9 cm³/mol. The van der Waals surface area contributed by atoms with Gasteiger partial charge in [0, 0.05) is 12.2 Å². The number of hydrogen-bond acceptors (Lipinski definition) is 4. The minimum atomic E-state index is -0.503. The van der Waals surface area contributed by atoms with Crippen LogP contribution < -0.4 is 0 Å². The third-order valence-electron chi connectivity index (χ3n) is 2.91. The van der Waals surface area contributed by atoms with Crippen molar-refractivity contribution < 1.29 is 19.1 Å². The lowest BCUT2D eigenvalue weighted by atomic mass is 10.1. The minimum absolute atomic E-state index is 0.284. The van der Waals surface area contributed by atoms with Gasteiger partial charge in [0.05, 0.1) is 13.2 Å². The van der Waals surface area contributed by atoms with E-state index >= 15 is 0 Å². The molecule has 0 fully saturated rings. The normalized spacial score (nSPS) is 11.0. The highest BCUT2D eigenvalue weighted by Gasteiger charge is 2.02. The first kappa shape index (κ1) is 19.7. The van der Waals surface area contributed by atoms with E-state index in [-0.39, 0.29) is 5.92 Å². The average Bonchev–Trinajstić information content (AvgIpc) is 2.45. The van der Waals surface area contributed by atoms with Gasteiger partial charge in [0.15, 0.2) is 0 Å². The summed E-state index contributed by atoms with van der Waals surface area (Å²) in [6.45, 7) is 6.88. The van der Waals surface area contributed by atoms with Gasteiger partial charge in [0.2, 0.25) is 0 Å². The van der Waals surface area contributed by atoms with E-state index in [1.54, 1.807) is 0 Å². The van der Waals surface area contributed by atoms with Gasteiger partial charge in [-0.05, 0) is 12.3 Å². The number of unbranched alkanes of at least 4 members (excludes halogenated alkanes) is 6. The second-order valence-corrected chi connectivity index (χ2v) is 5.65. The third-order valence-corrected chi connectivity index (χ3v) is 2.91. The zero-order valence-corrected chi connectivity index (χ0v) is 13.7. The summed E-state index contributed by atoms with van der Waals surface area (Å²) in [5.41, 5.74) is 0. The lowest BCUT2D eigenvalue weighted by Gasteiger charge is -2.04. The standard InChI is InChI=1S/C17H30O4/c1-4-5-6-7-8-9-10-13-20-16(18)11-12-17(19)21-14-15(2)3/h11-12,15H,4-10,13-14H2,1-3H3/b12-11+. The first-order valence-corrected chi connectivity index (χ1v) is 8.07. The fourth-order valence-electron chi connectivity index (χ4n) is 1.71. The molecule has 0 heterocycles. The average molecular weight is 298 g/mol. The van der Waals surface area contributed by atoms with Gasteiger partial charge >= 0.3 is 11.9 Å². The van der Waals surface area contributed by atoms with Crippen molar-refractivity contribution in [3.63, 3.8) is 0 Å². The molecule has 0 aromatic carbocycles. The van der Waals surface area contributed by atoms with Crippen molar-refractivity contribution >= 4 is 11.9 Å². The number of carbonyl (C=O) groups is 2. The van der Waals surface area contributed by atoms with Gasteiger partial charge in [-0.1, -0.05) is 59.3 Å². The van der Waals surface area contributed by atoms with Crippen LogP contribution in [0.3, 0.4) is 0 Å². The van der Waals surface area contributed by atoms with Crippen LogP contribution in [-0.2, 0) is 19.1 Å². The second-order valence-electron chi connectivity index (χ2n) is 5.65. The molecule has 0 aliphatic carbocycles. The zero-order chi connectivity index (χ0) is 15.9. The second kappa shape index (κ2) is 13.7. The molecule has 0 aromatic heterocycles. The van der Waals surface area contributed by atoms with Crippen molar-refractivity contribution in [3.05, 3.63) is 12.2 Å². The Kier molecular flexibility index (Phi) is 12.8. The molecular weight excluding hydrogens is 268 g/mol. The summed E-state index contributed by atoms with van der Waals surface area (Å²) in [7, 11) is 0. The predicted octanol–water partition coefficient (Wildman–Crippen LogP) is 4.04. The van der Waals surface area contributed by atoms with Crippen molar-refractivity contribution in [2.45, 2.75) is 65.7 Å². The molecule has 0 N–H and O–H groups in total. The summed E-state index contributed by atoms with van der Waals surface area (Å²) in [5, 5.41) is 0. The molecule has 0 rings (SSSR count). The van der Waals surface area contributed by atoms with Crippen LogP contribution in [0.5, 0.6) is 0 Å². The van der Waals surface area contributed by atoms with E-state index in [9.17, 15) is 9.59 Å². The lowest BCUT2D eigenvalue weighted by molar-refractivity contribution is -0.141. The number of rotatable bonds is 12. The molecule has 0 saturated carbocycles. The Labute approximate surface area is 128 Å². The molecule has 0 bridgehead atoms. The maximum Gasteiger partial charge on any atom is 0.331 e. The Morgan fingerprint density at radius 2 is 1.38 bits per heavy atom. The van der Waals surface area contributed by atoms with Crippen molar-refractivity contribution in [2.24, 2.45) is 5.92 Å². The highest BCUT2D eigenvalue weighted by atomic mass is 16.5. The molecule has 4 nitrogen and oxygen atoms in total. The number of ether oxygens (including phenoxy) is 2. The largest absolute Gasteiger partial charge is 0.463 e. The topological polar surface area (TPSA) is 52.6 Å². The van der Waals surface area contributed by atoms with Crippen LogP contribution >= 0.6 is 0 Å². The molecule has 0 aromatic rings. The zero-order valence-electron chi connectivity index (χ0n) is 13.7. The maximum absolute atomic E-state index is 11.3. The Bertz CT molecular complexity index is 308. The fourth-order valence-corrected chi connectivity index (χ4v) is 1.71. The SMILES string of the molecule is CCCCCCCCCOC(=O)/C=C/C(=O)OCC(C)C. The molecule has 0 saturated heterocycles. The van der Waals surface area contributed by atoms with E-state index in [0.717, 1.165) is 25.0 Å². The molecule has 0 spiro atoms. The summed E-state index contributed by atoms with van der Waals surface area (Å²) in [5.74, 6) is -0.703. The minimum Gasteiger partial charge on any atom is -0.463 e. The fraction of sp³-hybridized carbons (Fsp3) is 0.765. The van der Waals surface area contributed by atoms with E-state index in [1.165, 1.54) is 32.1 Å². The van der Waals surface area contributed by atoms with Crippen molar-refractivity contribution in [1.82, 2.24) is 0 Å².